The van der Waals surface area contributed by atoms with Gasteiger partial charge in [-0.25, -0.2) is 0 Å². The Bertz CT molecular complexity index is 416. The maximum atomic E-state index is 10.2. The molecule has 0 aromatic heterocycles. The third-order valence-corrected chi connectivity index (χ3v) is 4.16. The smallest absolute Gasteiger partial charge is 0.105 e. The SMILES string of the molecule is CNCCC(O)C(O)c1ccc(N2CCN(C)CC2)cc1. The quantitative estimate of drug-likeness (QED) is 0.711. The number of hydrogen-bond acceptors (Lipinski definition) is 5. The fraction of sp³-hybridized carbons (Fsp3) is 0.625. The standard InChI is InChI=1S/C16H27N3O2/c1-17-8-7-15(20)16(21)13-3-5-14(6-4-13)19-11-9-18(2)10-12-19/h3-6,15-17,20-21H,7-12H2,1-2H3. The molecular formula is C16H27N3O2. The Morgan fingerprint density at radius 3 is 2.29 bits per heavy atom. The van der Waals surface area contributed by atoms with Gasteiger partial charge in [-0.2, -0.15) is 0 Å². The Kier molecular flexibility index (Phi) is 5.99. The topological polar surface area (TPSA) is 59.0 Å². The maximum Gasteiger partial charge on any atom is 0.105 e. The molecule has 1 aliphatic rings. The number of anilines is 1. The van der Waals surface area contributed by atoms with Crippen LogP contribution in [0.25, 0.3) is 0 Å². The van der Waals surface area contributed by atoms with Crippen molar-refractivity contribution in [3.63, 3.8) is 0 Å². The van der Waals surface area contributed by atoms with E-state index in [1.165, 1.54) is 5.69 Å². The van der Waals surface area contributed by atoms with Crippen LogP contribution in [0.2, 0.25) is 0 Å². The van der Waals surface area contributed by atoms with Gasteiger partial charge < -0.3 is 25.3 Å². The predicted octanol–water partition coefficient (Wildman–Crippen LogP) is 0.442. The van der Waals surface area contributed by atoms with Gasteiger partial charge in [-0.05, 0) is 44.8 Å². The van der Waals surface area contributed by atoms with Gasteiger partial charge in [0.05, 0.1) is 6.10 Å². The fourth-order valence-corrected chi connectivity index (χ4v) is 2.62. The van der Waals surface area contributed by atoms with Gasteiger partial charge in [0.2, 0.25) is 0 Å². The highest BCUT2D eigenvalue weighted by atomic mass is 16.3. The first-order valence-corrected chi connectivity index (χ1v) is 7.66. The predicted molar refractivity (Wildman–Crippen MR) is 85.7 cm³/mol. The molecule has 5 nitrogen and oxygen atoms in total. The molecule has 1 aromatic rings. The Hall–Kier alpha value is -1.14. The van der Waals surface area contributed by atoms with Gasteiger partial charge in [-0.3, -0.25) is 0 Å². The van der Waals surface area contributed by atoms with Crippen molar-refractivity contribution in [2.75, 3.05) is 51.7 Å². The van der Waals surface area contributed by atoms with Crippen molar-refractivity contribution in [1.29, 1.82) is 0 Å². The molecule has 2 atom stereocenters. The van der Waals surface area contributed by atoms with Crippen LogP contribution in [-0.4, -0.2) is 68.0 Å². The van der Waals surface area contributed by atoms with Crippen molar-refractivity contribution in [3.8, 4) is 0 Å². The number of rotatable bonds is 6. The van der Waals surface area contributed by atoms with Crippen LogP contribution in [-0.2, 0) is 0 Å². The summed E-state index contributed by atoms with van der Waals surface area (Å²) in [4.78, 5) is 4.68. The number of nitrogens with zero attached hydrogens (tertiary/aromatic N) is 2. The van der Waals surface area contributed by atoms with Crippen LogP contribution in [0.4, 0.5) is 5.69 Å². The van der Waals surface area contributed by atoms with Crippen molar-refractivity contribution in [2.24, 2.45) is 0 Å². The molecule has 2 unspecified atom stereocenters. The zero-order valence-electron chi connectivity index (χ0n) is 13.0. The van der Waals surface area contributed by atoms with Crippen LogP contribution in [0, 0.1) is 0 Å². The third kappa shape index (κ3) is 4.41. The van der Waals surface area contributed by atoms with E-state index in [4.69, 9.17) is 0 Å². The number of likely N-dealkylation sites (N-methyl/N-ethyl adjacent to an activating group) is 1. The highest BCUT2D eigenvalue weighted by Crippen LogP contribution is 2.23. The van der Waals surface area contributed by atoms with Gasteiger partial charge in [-0.1, -0.05) is 12.1 Å². The molecule has 0 saturated carbocycles. The molecular weight excluding hydrogens is 266 g/mol. The van der Waals surface area contributed by atoms with E-state index in [1.807, 2.05) is 31.3 Å². The van der Waals surface area contributed by atoms with Gasteiger partial charge in [0, 0.05) is 31.9 Å². The average molecular weight is 293 g/mol. The molecule has 3 N–H and O–H groups in total. The molecule has 21 heavy (non-hydrogen) atoms. The molecule has 2 rings (SSSR count). The Morgan fingerprint density at radius 2 is 1.71 bits per heavy atom. The highest BCUT2D eigenvalue weighted by molar-refractivity contribution is 5.48. The molecule has 5 heteroatoms. The first kappa shape index (κ1) is 16.2. The Morgan fingerprint density at radius 1 is 1.10 bits per heavy atom. The lowest BCUT2D eigenvalue weighted by molar-refractivity contribution is 0.0140. The molecule has 1 heterocycles. The molecule has 1 fully saturated rings. The number of benzene rings is 1. The second kappa shape index (κ2) is 7.75. The normalized spacial score (nSPS) is 19.5. The molecule has 1 saturated heterocycles. The number of aliphatic hydroxyl groups is 2. The van der Waals surface area contributed by atoms with Crippen molar-refractivity contribution in [3.05, 3.63) is 29.8 Å². The zero-order valence-corrected chi connectivity index (χ0v) is 13.0. The lowest BCUT2D eigenvalue weighted by Gasteiger charge is -2.34. The highest BCUT2D eigenvalue weighted by Gasteiger charge is 2.19. The summed E-state index contributed by atoms with van der Waals surface area (Å²) < 4.78 is 0. The molecule has 118 valence electrons. The second-order valence-corrected chi connectivity index (χ2v) is 5.79. The van der Waals surface area contributed by atoms with Crippen molar-refractivity contribution in [1.82, 2.24) is 10.2 Å². The molecule has 0 bridgehead atoms. The minimum atomic E-state index is -0.820. The molecule has 0 aliphatic carbocycles. The molecule has 0 spiro atoms. The van der Waals surface area contributed by atoms with Crippen molar-refractivity contribution in [2.45, 2.75) is 18.6 Å². The summed E-state index contributed by atoms with van der Waals surface area (Å²) in [5.41, 5.74) is 1.96. The summed E-state index contributed by atoms with van der Waals surface area (Å²) >= 11 is 0. The van der Waals surface area contributed by atoms with Crippen LogP contribution in [0.5, 0.6) is 0 Å². The Balaban J connectivity index is 1.95. The molecule has 1 aromatic carbocycles. The maximum absolute atomic E-state index is 10.2. The Labute approximate surface area is 127 Å². The van der Waals surface area contributed by atoms with E-state index in [2.05, 4.69) is 22.2 Å². The van der Waals surface area contributed by atoms with E-state index < -0.39 is 12.2 Å². The minimum absolute atomic E-state index is 0.540. The summed E-state index contributed by atoms with van der Waals surface area (Å²) in [6.07, 6.45) is -1.01. The summed E-state index contributed by atoms with van der Waals surface area (Å²) in [5, 5.41) is 23.1. The summed E-state index contributed by atoms with van der Waals surface area (Å²) in [5.74, 6) is 0. The van der Waals surface area contributed by atoms with Crippen molar-refractivity contribution >= 4 is 5.69 Å². The third-order valence-electron chi connectivity index (χ3n) is 4.16. The van der Waals surface area contributed by atoms with Crippen LogP contribution in [0.15, 0.2) is 24.3 Å². The number of piperazine rings is 1. The summed E-state index contributed by atoms with van der Waals surface area (Å²) in [6.45, 7) is 4.91. The second-order valence-electron chi connectivity index (χ2n) is 5.79. The first-order chi connectivity index (χ1) is 10.1. The molecule has 0 amide bonds. The van der Waals surface area contributed by atoms with Gasteiger partial charge >= 0.3 is 0 Å². The van der Waals surface area contributed by atoms with Crippen LogP contribution in [0.3, 0.4) is 0 Å². The largest absolute Gasteiger partial charge is 0.390 e. The average Bonchev–Trinajstić information content (AvgIpc) is 2.53. The number of hydrogen-bond donors (Lipinski definition) is 3. The van der Waals surface area contributed by atoms with Gasteiger partial charge in [0.15, 0.2) is 0 Å². The fourth-order valence-electron chi connectivity index (χ4n) is 2.62. The van der Waals surface area contributed by atoms with Gasteiger partial charge in [0.25, 0.3) is 0 Å². The van der Waals surface area contributed by atoms with E-state index in [0.29, 0.717) is 13.0 Å². The molecule has 1 aliphatic heterocycles. The lowest BCUT2D eigenvalue weighted by atomic mass is 10.0. The summed E-state index contributed by atoms with van der Waals surface area (Å²) in [7, 11) is 3.98. The van der Waals surface area contributed by atoms with E-state index in [0.717, 1.165) is 31.7 Å². The van der Waals surface area contributed by atoms with E-state index in [9.17, 15) is 10.2 Å². The first-order valence-electron chi connectivity index (χ1n) is 7.66. The van der Waals surface area contributed by atoms with Crippen molar-refractivity contribution < 1.29 is 10.2 Å². The van der Waals surface area contributed by atoms with E-state index >= 15 is 0 Å². The van der Waals surface area contributed by atoms with Gasteiger partial charge in [-0.15, -0.1) is 0 Å². The zero-order chi connectivity index (χ0) is 15.2. The minimum Gasteiger partial charge on any atom is -0.390 e. The monoisotopic (exact) mass is 293 g/mol. The van der Waals surface area contributed by atoms with Gasteiger partial charge in [0.1, 0.15) is 6.10 Å². The number of aliphatic hydroxyl groups excluding tert-OH is 2. The van der Waals surface area contributed by atoms with Crippen LogP contribution < -0.4 is 10.2 Å². The lowest BCUT2D eigenvalue weighted by Crippen LogP contribution is -2.44. The van der Waals surface area contributed by atoms with Crippen LogP contribution >= 0.6 is 0 Å². The number of nitrogens with one attached hydrogen (secondary N) is 1. The van der Waals surface area contributed by atoms with E-state index in [-0.39, 0.29) is 0 Å². The summed E-state index contributed by atoms with van der Waals surface area (Å²) in [6, 6.07) is 7.91. The van der Waals surface area contributed by atoms with Crippen LogP contribution in [0.1, 0.15) is 18.1 Å². The van der Waals surface area contributed by atoms with E-state index in [1.54, 1.807) is 0 Å². The molecule has 0 radical (unpaired) electrons.